The van der Waals surface area contributed by atoms with Crippen LogP contribution in [-0.4, -0.2) is 13.3 Å². The van der Waals surface area contributed by atoms with Gasteiger partial charge in [-0.15, -0.1) is 48.3 Å². The van der Waals surface area contributed by atoms with Crippen molar-refractivity contribution in [2.45, 2.75) is 34.6 Å². The predicted molar refractivity (Wildman–Crippen MR) is 115 cm³/mol. The molecule has 4 heteroatoms. The van der Waals surface area contributed by atoms with Gasteiger partial charge in [0.05, 0.1) is 0 Å². The fraction of sp³-hybridized carbons (Fsp3) is 0.333. The molecule has 0 saturated heterocycles. The van der Waals surface area contributed by atoms with Crippen molar-refractivity contribution >= 4 is 42.6 Å². The first kappa shape index (κ1) is 22.9. The van der Waals surface area contributed by atoms with E-state index in [4.69, 9.17) is 18.6 Å². The molecule has 136 valence electrons. The number of hydrogen-bond acceptors (Lipinski definition) is 0. The van der Waals surface area contributed by atoms with Crippen molar-refractivity contribution in [2.75, 3.05) is 13.3 Å². The van der Waals surface area contributed by atoms with Crippen LogP contribution in [-0.2, 0) is 17.0 Å². The summed E-state index contributed by atoms with van der Waals surface area (Å²) in [5.41, 5.74) is 7.34. The van der Waals surface area contributed by atoms with Crippen molar-refractivity contribution in [1.29, 1.82) is 0 Å². The summed E-state index contributed by atoms with van der Waals surface area (Å²) in [5.74, 6) is 0. The second kappa shape index (κ2) is 10.9. The Labute approximate surface area is 171 Å². The molecule has 0 N–H and O–H groups in total. The van der Waals surface area contributed by atoms with E-state index >= 15 is 0 Å². The third-order valence-electron chi connectivity index (χ3n) is 4.93. The molecule has 0 nitrogen and oxygen atoms in total. The maximum absolute atomic E-state index is 4.89. The first-order valence-corrected chi connectivity index (χ1v) is 14.8. The van der Waals surface area contributed by atoms with Gasteiger partial charge >= 0.3 is 35.6 Å². The summed E-state index contributed by atoms with van der Waals surface area (Å²) in [6.07, 6.45) is 0. The molecule has 3 rings (SSSR count). The van der Waals surface area contributed by atoms with Crippen LogP contribution in [0.15, 0.2) is 36.4 Å². The third kappa shape index (κ3) is 6.23. The van der Waals surface area contributed by atoms with Crippen molar-refractivity contribution in [3.63, 3.8) is 0 Å². The van der Waals surface area contributed by atoms with E-state index in [1.807, 2.05) is 0 Å². The average Bonchev–Trinajstić information content (AvgIpc) is 3.10. The minimum absolute atomic E-state index is 0.0576. The Hall–Kier alpha value is -0.0957. The summed E-state index contributed by atoms with van der Waals surface area (Å²) in [7, 11) is 9.84. The molecule has 0 aliphatic heterocycles. The van der Waals surface area contributed by atoms with Crippen LogP contribution in [0.25, 0.3) is 10.8 Å². The van der Waals surface area contributed by atoms with Crippen LogP contribution in [0.5, 0.6) is 0 Å². The van der Waals surface area contributed by atoms with E-state index in [2.05, 4.69) is 84.3 Å². The van der Waals surface area contributed by atoms with Crippen LogP contribution in [0.2, 0.25) is 0 Å². The van der Waals surface area contributed by atoms with E-state index in [0.717, 1.165) is 0 Å². The van der Waals surface area contributed by atoms with Crippen LogP contribution in [0.4, 0.5) is 0 Å². The molecule has 0 aromatic heterocycles. The van der Waals surface area contributed by atoms with Gasteiger partial charge in [0.25, 0.3) is 0 Å². The predicted octanol–water partition coefficient (Wildman–Crippen LogP) is 7.25. The fourth-order valence-corrected chi connectivity index (χ4v) is 3.59. The van der Waals surface area contributed by atoms with E-state index in [-0.39, 0.29) is 7.92 Å². The Kier molecular flexibility index (Phi) is 10.0. The molecule has 0 aliphatic carbocycles. The first-order valence-electron chi connectivity index (χ1n) is 8.23. The van der Waals surface area contributed by atoms with Gasteiger partial charge in [-0.3, -0.25) is 0 Å². The van der Waals surface area contributed by atoms with E-state index in [1.54, 1.807) is 0 Å². The standard InChI is InChI=1S/C11H12P.C10H15.2ClH.Ti/c1-12(2)11-7-9-5-3-4-6-10(9)8-11;1-6-7(2)9(4)10(5)8(6)3;;;/h3-8H,1-2H3;1-5H3;2*1H;/q2*-1;;;+2/p-2. The van der Waals surface area contributed by atoms with Gasteiger partial charge in [-0.1, -0.05) is 40.7 Å². The molecule has 0 bridgehead atoms. The molecule has 0 saturated carbocycles. The van der Waals surface area contributed by atoms with Crippen LogP contribution >= 0.6 is 26.5 Å². The monoisotopic (exact) mass is 428 g/mol. The molecular weight excluding hydrogens is 402 g/mol. The van der Waals surface area contributed by atoms with Gasteiger partial charge in [0, 0.05) is 0 Å². The summed E-state index contributed by atoms with van der Waals surface area (Å²) >= 11 is -0.556. The molecule has 3 aromatic carbocycles. The van der Waals surface area contributed by atoms with Crippen molar-refractivity contribution < 1.29 is 17.0 Å². The molecule has 25 heavy (non-hydrogen) atoms. The molecule has 0 atom stereocenters. The number of hydrogen-bond donors (Lipinski definition) is 0. The summed E-state index contributed by atoms with van der Waals surface area (Å²) in [6, 6.07) is 13.2. The molecule has 0 heterocycles. The molecular formula is C21H27Cl2PTi-2. The number of rotatable bonds is 1. The van der Waals surface area contributed by atoms with Crippen molar-refractivity contribution in [3.05, 3.63) is 64.2 Å². The first-order chi connectivity index (χ1) is 11.7. The van der Waals surface area contributed by atoms with Gasteiger partial charge in [-0.25, -0.2) is 0 Å². The summed E-state index contributed by atoms with van der Waals surface area (Å²) < 4.78 is 0. The van der Waals surface area contributed by atoms with Crippen LogP contribution in [0.1, 0.15) is 27.8 Å². The Morgan fingerprint density at radius 1 is 0.960 bits per heavy atom. The van der Waals surface area contributed by atoms with Crippen molar-refractivity contribution in [1.82, 2.24) is 0 Å². The SMILES string of the molecule is CP(C)c1cc2ccccc2[cH-]1.Cc1c(C)c(C)[c-](C)c1C.[Cl][Ti][Cl]. The molecule has 3 aromatic rings. The Morgan fingerprint density at radius 3 is 1.80 bits per heavy atom. The number of benzene rings is 1. The average molecular weight is 429 g/mol. The zero-order valence-corrected chi connectivity index (χ0v) is 20.1. The van der Waals surface area contributed by atoms with Gasteiger partial charge in [0.2, 0.25) is 0 Å². The van der Waals surface area contributed by atoms with Crippen LogP contribution in [0.3, 0.4) is 0 Å². The summed E-state index contributed by atoms with van der Waals surface area (Å²) in [4.78, 5) is 0. The van der Waals surface area contributed by atoms with Gasteiger partial charge in [-0.2, -0.15) is 33.9 Å². The molecule has 0 unspecified atom stereocenters. The van der Waals surface area contributed by atoms with Crippen LogP contribution in [0, 0.1) is 34.6 Å². The van der Waals surface area contributed by atoms with Crippen LogP contribution < -0.4 is 5.30 Å². The van der Waals surface area contributed by atoms with Gasteiger partial charge in [0.15, 0.2) is 0 Å². The molecule has 0 fully saturated rings. The number of fused-ring (bicyclic) bond motifs is 1. The fourth-order valence-electron chi connectivity index (χ4n) is 2.80. The summed E-state index contributed by atoms with van der Waals surface area (Å²) in [6.45, 7) is 15.6. The summed E-state index contributed by atoms with van der Waals surface area (Å²) in [5, 5.41) is 4.26. The molecule has 0 aliphatic rings. The maximum atomic E-state index is 4.89. The zero-order valence-electron chi connectivity index (χ0n) is 16.2. The van der Waals surface area contributed by atoms with Gasteiger partial charge in [0.1, 0.15) is 0 Å². The molecule has 0 spiro atoms. The van der Waals surface area contributed by atoms with E-state index in [9.17, 15) is 0 Å². The second-order valence-electron chi connectivity index (χ2n) is 6.43. The van der Waals surface area contributed by atoms with Crippen molar-refractivity contribution in [2.24, 2.45) is 0 Å². The van der Waals surface area contributed by atoms with Crippen molar-refractivity contribution in [3.8, 4) is 0 Å². The zero-order chi connectivity index (χ0) is 19.1. The Balaban J connectivity index is 0.000000220. The van der Waals surface area contributed by atoms with E-state index in [1.165, 1.54) is 43.9 Å². The van der Waals surface area contributed by atoms with Gasteiger partial charge in [-0.05, 0) is 13.3 Å². The Bertz CT molecular complexity index is 686. The quantitative estimate of drug-likeness (QED) is 0.217. The topological polar surface area (TPSA) is 0 Å². The minimum atomic E-state index is -0.556. The third-order valence-corrected chi connectivity index (χ3v) is 6.22. The Morgan fingerprint density at radius 2 is 1.44 bits per heavy atom. The molecule has 0 radical (unpaired) electrons. The normalized spacial score (nSPS) is 10.2. The van der Waals surface area contributed by atoms with E-state index in [0.29, 0.717) is 0 Å². The number of halogens is 2. The second-order valence-corrected chi connectivity index (χ2v) is 11.3. The molecule has 0 amide bonds. The van der Waals surface area contributed by atoms with Gasteiger partial charge < -0.3 is 0 Å². The van der Waals surface area contributed by atoms with E-state index < -0.39 is 17.0 Å².